The first-order chi connectivity index (χ1) is 9.88. The molecule has 1 atom stereocenters. The van der Waals surface area contributed by atoms with E-state index in [1.165, 1.54) is 0 Å². The van der Waals surface area contributed by atoms with Crippen LogP contribution in [0.3, 0.4) is 0 Å². The average molecular weight is 302 g/mol. The number of imidazole rings is 1. The van der Waals surface area contributed by atoms with Crippen molar-refractivity contribution in [3.05, 3.63) is 17.2 Å². The quantitative estimate of drug-likeness (QED) is 0.742. The maximum Gasteiger partial charge on any atom is 0.449 e. The van der Waals surface area contributed by atoms with E-state index in [2.05, 4.69) is 15.6 Å². The summed E-state index contributed by atoms with van der Waals surface area (Å²) in [6.07, 6.45) is -4.18. The molecule has 2 aliphatic rings. The van der Waals surface area contributed by atoms with Gasteiger partial charge in [0.15, 0.2) is 0 Å². The van der Waals surface area contributed by atoms with Gasteiger partial charge in [0.2, 0.25) is 17.6 Å². The second kappa shape index (κ2) is 4.83. The van der Waals surface area contributed by atoms with E-state index < -0.39 is 29.9 Å². The molecule has 9 heteroatoms. The van der Waals surface area contributed by atoms with Gasteiger partial charge in [-0.3, -0.25) is 14.9 Å². The molecule has 3 heterocycles. The maximum atomic E-state index is 13.2. The number of nitrogens with zero attached hydrogens (tertiary/aromatic N) is 2. The van der Waals surface area contributed by atoms with Crippen molar-refractivity contribution < 1.29 is 22.8 Å². The Morgan fingerprint density at radius 1 is 1.24 bits per heavy atom. The van der Waals surface area contributed by atoms with Gasteiger partial charge in [-0.25, -0.2) is 4.98 Å². The Balaban J connectivity index is 2.09. The number of carbonyl (C=O) groups is 2. The molecule has 1 fully saturated rings. The normalized spacial score (nSPS) is 22.9. The van der Waals surface area contributed by atoms with Crippen LogP contribution >= 0.6 is 0 Å². The van der Waals surface area contributed by atoms with Crippen LogP contribution in [0.2, 0.25) is 0 Å². The predicted molar refractivity (Wildman–Crippen MR) is 64.1 cm³/mol. The lowest BCUT2D eigenvalue weighted by Crippen LogP contribution is -2.43. The minimum Gasteiger partial charge on any atom is -0.312 e. The fraction of sp³-hybridized carbons (Fsp3) is 0.583. The number of piperidine rings is 1. The van der Waals surface area contributed by atoms with Gasteiger partial charge < -0.3 is 9.88 Å². The Morgan fingerprint density at radius 2 is 2.00 bits per heavy atom. The van der Waals surface area contributed by atoms with Gasteiger partial charge in [-0.05, 0) is 6.42 Å². The second-order valence-electron chi connectivity index (χ2n) is 5.09. The molecular formula is C12H13F3N4O2. The summed E-state index contributed by atoms with van der Waals surface area (Å²) < 4.78 is 40.5. The number of alkyl halides is 3. The molecule has 2 aliphatic heterocycles. The second-order valence-corrected chi connectivity index (χ2v) is 5.09. The largest absolute Gasteiger partial charge is 0.449 e. The third kappa shape index (κ3) is 2.41. The minimum atomic E-state index is -4.64. The number of nitrogens with one attached hydrogen (secondary N) is 2. The molecule has 3 rings (SSSR count). The Morgan fingerprint density at radius 3 is 2.67 bits per heavy atom. The first-order valence-corrected chi connectivity index (χ1v) is 6.59. The number of hydrogen-bond acceptors (Lipinski definition) is 4. The molecule has 6 nitrogen and oxygen atoms in total. The molecule has 0 bridgehead atoms. The van der Waals surface area contributed by atoms with Crippen molar-refractivity contribution in [2.45, 2.75) is 38.0 Å². The van der Waals surface area contributed by atoms with Crippen molar-refractivity contribution in [3.8, 4) is 0 Å². The molecule has 21 heavy (non-hydrogen) atoms. The van der Waals surface area contributed by atoms with Crippen LogP contribution in [0.4, 0.5) is 13.2 Å². The van der Waals surface area contributed by atoms with E-state index in [4.69, 9.17) is 0 Å². The zero-order valence-electron chi connectivity index (χ0n) is 11.0. The van der Waals surface area contributed by atoms with Crippen molar-refractivity contribution in [2.24, 2.45) is 0 Å². The fourth-order valence-corrected chi connectivity index (χ4v) is 2.80. The number of imide groups is 1. The Labute approximate surface area is 117 Å². The molecule has 2 amide bonds. The number of hydrogen-bond donors (Lipinski definition) is 2. The van der Waals surface area contributed by atoms with Gasteiger partial charge in [0.25, 0.3) is 0 Å². The van der Waals surface area contributed by atoms with Crippen LogP contribution in [0.5, 0.6) is 0 Å². The van der Waals surface area contributed by atoms with Gasteiger partial charge in [0, 0.05) is 31.6 Å². The zero-order valence-corrected chi connectivity index (χ0v) is 11.0. The van der Waals surface area contributed by atoms with E-state index in [1.54, 1.807) is 0 Å². The van der Waals surface area contributed by atoms with Crippen LogP contribution < -0.4 is 10.6 Å². The lowest BCUT2D eigenvalue weighted by atomic mass is 10.0. The number of carbonyl (C=O) groups excluding carboxylic acids is 2. The van der Waals surface area contributed by atoms with Crippen LogP contribution in [0, 0.1) is 0 Å². The summed E-state index contributed by atoms with van der Waals surface area (Å²) in [5, 5.41) is 5.05. The molecule has 114 valence electrons. The molecule has 0 aliphatic carbocycles. The number of fused-ring (bicyclic) bond motifs is 1. The Kier molecular flexibility index (Phi) is 3.23. The van der Waals surface area contributed by atoms with Gasteiger partial charge in [0.05, 0.1) is 5.69 Å². The van der Waals surface area contributed by atoms with Crippen LogP contribution in [-0.2, 0) is 28.7 Å². The van der Waals surface area contributed by atoms with Crippen LogP contribution in [0.15, 0.2) is 0 Å². The van der Waals surface area contributed by atoms with Gasteiger partial charge in [-0.1, -0.05) is 0 Å². The highest BCUT2D eigenvalue weighted by atomic mass is 19.4. The van der Waals surface area contributed by atoms with E-state index in [0.29, 0.717) is 24.4 Å². The van der Waals surface area contributed by atoms with Crippen LogP contribution in [0.25, 0.3) is 0 Å². The van der Waals surface area contributed by atoms with E-state index in [9.17, 15) is 22.8 Å². The third-order valence-corrected chi connectivity index (χ3v) is 3.70. The summed E-state index contributed by atoms with van der Waals surface area (Å²) >= 11 is 0. The molecule has 1 unspecified atom stereocenters. The first kappa shape index (κ1) is 14.1. The molecule has 2 N–H and O–H groups in total. The first-order valence-electron chi connectivity index (χ1n) is 6.59. The number of aromatic nitrogens is 2. The summed E-state index contributed by atoms with van der Waals surface area (Å²) in [7, 11) is 0. The molecule has 0 spiro atoms. The summed E-state index contributed by atoms with van der Waals surface area (Å²) in [4.78, 5) is 26.7. The summed E-state index contributed by atoms with van der Waals surface area (Å²) in [6, 6.07) is -1.03. The van der Waals surface area contributed by atoms with Gasteiger partial charge in [-0.15, -0.1) is 0 Å². The minimum absolute atomic E-state index is 0.0267. The monoisotopic (exact) mass is 302 g/mol. The van der Waals surface area contributed by atoms with E-state index in [1.807, 2.05) is 0 Å². The van der Waals surface area contributed by atoms with E-state index >= 15 is 0 Å². The highest BCUT2D eigenvalue weighted by Crippen LogP contribution is 2.35. The molecule has 1 aromatic rings. The Hall–Kier alpha value is -1.90. The van der Waals surface area contributed by atoms with Crippen molar-refractivity contribution in [3.63, 3.8) is 0 Å². The maximum absolute atomic E-state index is 13.2. The van der Waals surface area contributed by atoms with Crippen molar-refractivity contribution in [1.29, 1.82) is 0 Å². The fourth-order valence-electron chi connectivity index (χ4n) is 2.80. The Bertz CT molecular complexity index is 608. The highest BCUT2D eigenvalue weighted by molar-refractivity contribution is 5.99. The molecule has 0 aromatic carbocycles. The van der Waals surface area contributed by atoms with E-state index in [0.717, 1.165) is 4.57 Å². The third-order valence-electron chi connectivity index (χ3n) is 3.70. The van der Waals surface area contributed by atoms with Crippen molar-refractivity contribution >= 4 is 11.8 Å². The van der Waals surface area contributed by atoms with E-state index in [-0.39, 0.29) is 19.4 Å². The smallest absolute Gasteiger partial charge is 0.312 e. The van der Waals surface area contributed by atoms with Gasteiger partial charge >= 0.3 is 6.18 Å². The predicted octanol–water partition coefficient (Wildman–Crippen LogP) is 0.525. The average Bonchev–Trinajstić information content (AvgIpc) is 2.78. The number of rotatable bonds is 1. The van der Waals surface area contributed by atoms with Crippen LogP contribution in [-0.4, -0.2) is 27.9 Å². The lowest BCUT2D eigenvalue weighted by Gasteiger charge is -2.27. The molecule has 0 radical (unpaired) electrons. The standard InChI is InChI=1S/C12H13F3N4O2/c13-12(14,15)11-17-6-5-16-4-3-7(6)19(11)8-1-2-9(20)18-10(8)21/h8,16H,1-5H2,(H,18,20,21). The van der Waals surface area contributed by atoms with Crippen molar-refractivity contribution in [2.75, 3.05) is 6.54 Å². The number of amides is 2. The van der Waals surface area contributed by atoms with Gasteiger partial charge in [-0.2, -0.15) is 13.2 Å². The molecule has 1 saturated heterocycles. The molecular weight excluding hydrogens is 289 g/mol. The summed E-state index contributed by atoms with van der Waals surface area (Å²) in [5.41, 5.74) is 0.744. The molecule has 1 aromatic heterocycles. The molecule has 0 saturated carbocycles. The van der Waals surface area contributed by atoms with Crippen LogP contribution in [0.1, 0.15) is 36.1 Å². The highest BCUT2D eigenvalue weighted by Gasteiger charge is 2.43. The summed E-state index contributed by atoms with van der Waals surface area (Å²) in [5.74, 6) is -2.22. The summed E-state index contributed by atoms with van der Waals surface area (Å²) in [6.45, 7) is 0.780. The van der Waals surface area contributed by atoms with Gasteiger partial charge in [0.1, 0.15) is 6.04 Å². The van der Waals surface area contributed by atoms with Crippen molar-refractivity contribution in [1.82, 2.24) is 20.2 Å². The lowest BCUT2D eigenvalue weighted by molar-refractivity contribution is -0.149. The SMILES string of the molecule is O=C1CCC(n2c(C(F)(F)F)nc3c2CCNC3)C(=O)N1. The topological polar surface area (TPSA) is 76.0 Å². The number of halogens is 3. The zero-order chi connectivity index (χ0) is 15.2.